The van der Waals surface area contributed by atoms with Gasteiger partial charge in [0.2, 0.25) is 0 Å². The Kier molecular flexibility index (Phi) is 9.08. The Morgan fingerprint density at radius 3 is 2.26 bits per heavy atom. The fourth-order valence-corrected chi connectivity index (χ4v) is 2.89. The summed E-state index contributed by atoms with van der Waals surface area (Å²) in [7, 11) is 0. The zero-order chi connectivity index (χ0) is 17.2. The largest absolute Gasteiger partial charge is 0.491 e. The Labute approximate surface area is 143 Å². The molecule has 0 unspecified atom stereocenters. The van der Waals surface area contributed by atoms with E-state index in [1.807, 2.05) is 6.07 Å². The third-order valence-electron chi connectivity index (χ3n) is 3.72. The molecule has 0 amide bonds. The average molecular weight is 321 g/mol. The van der Waals surface area contributed by atoms with Crippen molar-refractivity contribution in [2.45, 2.75) is 53.9 Å². The average Bonchev–Trinajstić information content (AvgIpc) is 2.45. The molecule has 0 saturated carbocycles. The van der Waals surface area contributed by atoms with Crippen molar-refractivity contribution in [3.63, 3.8) is 0 Å². The Morgan fingerprint density at radius 1 is 1.09 bits per heavy atom. The summed E-state index contributed by atoms with van der Waals surface area (Å²) in [6, 6.07) is 6.23. The Bertz CT molecular complexity index is 433. The van der Waals surface area contributed by atoms with Crippen molar-refractivity contribution in [1.82, 2.24) is 4.90 Å². The lowest BCUT2D eigenvalue weighted by Gasteiger charge is -2.26. The first-order chi connectivity index (χ1) is 10.9. The van der Waals surface area contributed by atoms with E-state index in [1.165, 1.54) is 25.1 Å². The third kappa shape index (κ3) is 8.26. The molecule has 0 fully saturated rings. The molecule has 0 heterocycles. The number of nitrogens with zero attached hydrogens (tertiary/aromatic N) is 1. The lowest BCUT2D eigenvalue weighted by atomic mass is 10.1. The number of benzene rings is 1. The predicted octanol–water partition coefficient (Wildman–Crippen LogP) is 4.60. The van der Waals surface area contributed by atoms with Crippen LogP contribution in [0.5, 0.6) is 5.75 Å². The minimum atomic E-state index is 0.722. The number of aryl methyl sites for hydroxylation is 1. The standard InChI is InChI=1S/C20H36N2O/c1-6-12-23-20-10-9-18(13-19(20)21)8-7-11-22(14-16(2)3)15-17(4)5/h9-10,13,16-17H,6-8,11-12,14-15,21H2,1-5H3. The van der Waals surface area contributed by atoms with Crippen molar-refractivity contribution in [1.29, 1.82) is 0 Å². The summed E-state index contributed by atoms with van der Waals surface area (Å²) in [4.78, 5) is 2.59. The lowest BCUT2D eigenvalue weighted by Crippen LogP contribution is -2.32. The van der Waals surface area contributed by atoms with Gasteiger partial charge < -0.3 is 15.4 Å². The van der Waals surface area contributed by atoms with Crippen LogP contribution in [0, 0.1) is 11.8 Å². The Morgan fingerprint density at radius 2 is 1.74 bits per heavy atom. The van der Waals surface area contributed by atoms with Gasteiger partial charge in [0.1, 0.15) is 5.75 Å². The highest BCUT2D eigenvalue weighted by molar-refractivity contribution is 5.54. The summed E-state index contributed by atoms with van der Waals surface area (Å²) < 4.78 is 5.64. The topological polar surface area (TPSA) is 38.5 Å². The highest BCUT2D eigenvalue weighted by Gasteiger charge is 2.09. The van der Waals surface area contributed by atoms with Crippen molar-refractivity contribution >= 4 is 5.69 Å². The van der Waals surface area contributed by atoms with Crippen LogP contribution >= 0.6 is 0 Å². The molecule has 0 radical (unpaired) electrons. The Hall–Kier alpha value is -1.22. The summed E-state index contributed by atoms with van der Waals surface area (Å²) in [6.07, 6.45) is 3.25. The first-order valence-electron chi connectivity index (χ1n) is 9.15. The first-order valence-corrected chi connectivity index (χ1v) is 9.15. The molecular weight excluding hydrogens is 284 g/mol. The molecule has 3 heteroatoms. The molecule has 1 rings (SSSR count). The third-order valence-corrected chi connectivity index (χ3v) is 3.72. The molecule has 0 bridgehead atoms. The van der Waals surface area contributed by atoms with E-state index in [0.29, 0.717) is 0 Å². The highest BCUT2D eigenvalue weighted by atomic mass is 16.5. The molecule has 0 aliphatic carbocycles. The van der Waals surface area contributed by atoms with E-state index in [-0.39, 0.29) is 0 Å². The second-order valence-electron chi connectivity index (χ2n) is 7.37. The molecular formula is C20H36N2O. The molecule has 0 spiro atoms. The molecule has 23 heavy (non-hydrogen) atoms. The smallest absolute Gasteiger partial charge is 0.142 e. The van der Waals surface area contributed by atoms with Crippen molar-refractivity contribution in [3.05, 3.63) is 23.8 Å². The van der Waals surface area contributed by atoms with Gasteiger partial charge in [-0.25, -0.2) is 0 Å². The second kappa shape index (κ2) is 10.5. The molecule has 1 aromatic carbocycles. The van der Waals surface area contributed by atoms with Crippen LogP contribution in [0.4, 0.5) is 5.69 Å². The van der Waals surface area contributed by atoms with Crippen LogP contribution in [0.25, 0.3) is 0 Å². The number of rotatable bonds is 11. The maximum atomic E-state index is 6.09. The molecule has 132 valence electrons. The van der Waals surface area contributed by atoms with Gasteiger partial charge >= 0.3 is 0 Å². The van der Waals surface area contributed by atoms with Crippen LogP contribution in [0.2, 0.25) is 0 Å². The summed E-state index contributed by atoms with van der Waals surface area (Å²) in [6.45, 7) is 15.5. The molecule has 0 aromatic heterocycles. The van der Waals surface area contributed by atoms with E-state index in [1.54, 1.807) is 0 Å². The zero-order valence-corrected chi connectivity index (χ0v) is 15.8. The van der Waals surface area contributed by atoms with E-state index >= 15 is 0 Å². The van der Waals surface area contributed by atoms with E-state index in [9.17, 15) is 0 Å². The monoisotopic (exact) mass is 320 g/mol. The van der Waals surface area contributed by atoms with Gasteiger partial charge in [0.05, 0.1) is 12.3 Å². The maximum absolute atomic E-state index is 6.09. The van der Waals surface area contributed by atoms with Gasteiger partial charge in [0, 0.05) is 13.1 Å². The molecule has 0 atom stereocenters. The minimum absolute atomic E-state index is 0.722. The SMILES string of the molecule is CCCOc1ccc(CCCN(CC(C)C)CC(C)C)cc1N. The van der Waals surface area contributed by atoms with Gasteiger partial charge in [-0.2, -0.15) is 0 Å². The van der Waals surface area contributed by atoms with E-state index in [0.717, 1.165) is 49.3 Å². The number of hydrogen-bond acceptors (Lipinski definition) is 3. The van der Waals surface area contributed by atoms with Gasteiger partial charge in [0.25, 0.3) is 0 Å². The fraction of sp³-hybridized carbons (Fsp3) is 0.700. The lowest BCUT2D eigenvalue weighted by molar-refractivity contribution is 0.217. The number of ether oxygens (including phenoxy) is 1. The number of anilines is 1. The number of nitrogens with two attached hydrogens (primary N) is 1. The molecule has 2 N–H and O–H groups in total. The predicted molar refractivity (Wildman–Crippen MR) is 101 cm³/mol. The van der Waals surface area contributed by atoms with Gasteiger partial charge in [-0.15, -0.1) is 0 Å². The van der Waals surface area contributed by atoms with E-state index in [2.05, 4.69) is 51.7 Å². The first kappa shape index (κ1) is 19.8. The molecule has 0 aliphatic rings. The summed E-state index contributed by atoms with van der Waals surface area (Å²) in [5.74, 6) is 2.26. The van der Waals surface area contributed by atoms with E-state index in [4.69, 9.17) is 10.5 Å². The van der Waals surface area contributed by atoms with Crippen LogP contribution in [-0.4, -0.2) is 31.1 Å². The van der Waals surface area contributed by atoms with Crippen LogP contribution in [-0.2, 0) is 6.42 Å². The molecule has 0 saturated heterocycles. The molecule has 1 aromatic rings. The van der Waals surface area contributed by atoms with Gasteiger partial charge in [-0.05, 0) is 55.3 Å². The van der Waals surface area contributed by atoms with Crippen molar-refractivity contribution in [2.24, 2.45) is 11.8 Å². The van der Waals surface area contributed by atoms with Crippen molar-refractivity contribution in [2.75, 3.05) is 32.0 Å². The number of nitrogen functional groups attached to an aromatic ring is 1. The maximum Gasteiger partial charge on any atom is 0.142 e. The summed E-state index contributed by atoms with van der Waals surface area (Å²) in [5, 5.41) is 0. The van der Waals surface area contributed by atoms with Gasteiger partial charge in [-0.1, -0.05) is 40.7 Å². The van der Waals surface area contributed by atoms with E-state index < -0.39 is 0 Å². The van der Waals surface area contributed by atoms with Crippen LogP contribution in [0.15, 0.2) is 18.2 Å². The normalized spacial score (nSPS) is 11.7. The van der Waals surface area contributed by atoms with Crippen LogP contribution < -0.4 is 10.5 Å². The van der Waals surface area contributed by atoms with Crippen molar-refractivity contribution in [3.8, 4) is 5.75 Å². The number of hydrogen-bond donors (Lipinski definition) is 1. The quantitative estimate of drug-likeness (QED) is 0.605. The second-order valence-corrected chi connectivity index (χ2v) is 7.37. The van der Waals surface area contributed by atoms with Gasteiger partial charge in [-0.3, -0.25) is 0 Å². The van der Waals surface area contributed by atoms with Crippen LogP contribution in [0.1, 0.15) is 53.0 Å². The highest BCUT2D eigenvalue weighted by Crippen LogP contribution is 2.23. The minimum Gasteiger partial charge on any atom is -0.491 e. The summed E-state index contributed by atoms with van der Waals surface area (Å²) in [5.41, 5.74) is 8.16. The molecule has 0 aliphatic heterocycles. The molecule has 3 nitrogen and oxygen atoms in total. The van der Waals surface area contributed by atoms with Gasteiger partial charge in [0.15, 0.2) is 0 Å². The van der Waals surface area contributed by atoms with Crippen molar-refractivity contribution < 1.29 is 4.74 Å². The summed E-state index contributed by atoms with van der Waals surface area (Å²) >= 11 is 0. The zero-order valence-electron chi connectivity index (χ0n) is 15.8. The fourth-order valence-electron chi connectivity index (χ4n) is 2.89. The van der Waals surface area contributed by atoms with Crippen LogP contribution in [0.3, 0.4) is 0 Å². The Balaban J connectivity index is 2.48.